The van der Waals surface area contributed by atoms with E-state index in [1.165, 1.54) is 11.3 Å². The van der Waals surface area contributed by atoms with E-state index in [2.05, 4.69) is 0 Å². The molecule has 1 aliphatic heterocycles. The molecule has 82 valence electrons. The van der Waals surface area contributed by atoms with E-state index in [0.717, 1.165) is 16.2 Å². The van der Waals surface area contributed by atoms with E-state index in [1.54, 1.807) is 0 Å². The molecule has 4 heteroatoms. The van der Waals surface area contributed by atoms with Crippen molar-refractivity contribution in [2.24, 2.45) is 0 Å². The molecule has 1 aromatic rings. The lowest BCUT2D eigenvalue weighted by molar-refractivity contribution is -0.0413. The molecule has 0 radical (unpaired) electrons. The summed E-state index contributed by atoms with van der Waals surface area (Å²) in [5.41, 5.74) is 0. The Morgan fingerprint density at radius 3 is 2.87 bits per heavy atom. The Balaban J connectivity index is 2.06. The molecular weight excluding hydrogens is 212 g/mol. The highest BCUT2D eigenvalue weighted by atomic mass is 32.1. The number of ether oxygens (including phenoxy) is 2. The summed E-state index contributed by atoms with van der Waals surface area (Å²) in [5.74, 6) is 0.215. The minimum atomic E-state index is -0.252. The SMILES string of the molecule is CCCC(=O)c1ccc(C2OCCO2)s1. The first kappa shape index (κ1) is 10.8. The van der Waals surface area contributed by atoms with Gasteiger partial charge >= 0.3 is 0 Å². The molecule has 2 heterocycles. The molecule has 0 aromatic carbocycles. The summed E-state index contributed by atoms with van der Waals surface area (Å²) < 4.78 is 10.7. The molecule has 15 heavy (non-hydrogen) atoms. The zero-order valence-corrected chi connectivity index (χ0v) is 9.51. The van der Waals surface area contributed by atoms with E-state index in [0.29, 0.717) is 19.6 Å². The van der Waals surface area contributed by atoms with Crippen molar-refractivity contribution in [1.29, 1.82) is 0 Å². The van der Waals surface area contributed by atoms with Gasteiger partial charge in [0.2, 0.25) is 0 Å². The van der Waals surface area contributed by atoms with Crippen molar-refractivity contribution in [3.63, 3.8) is 0 Å². The number of hydrogen-bond acceptors (Lipinski definition) is 4. The summed E-state index contributed by atoms with van der Waals surface area (Å²) in [5, 5.41) is 0. The number of rotatable bonds is 4. The largest absolute Gasteiger partial charge is 0.345 e. The van der Waals surface area contributed by atoms with Gasteiger partial charge in [-0.2, -0.15) is 0 Å². The fourth-order valence-corrected chi connectivity index (χ4v) is 2.48. The van der Waals surface area contributed by atoms with E-state index < -0.39 is 0 Å². The molecule has 0 saturated carbocycles. The quantitative estimate of drug-likeness (QED) is 0.740. The first-order chi connectivity index (χ1) is 7.31. The summed E-state index contributed by atoms with van der Waals surface area (Å²) in [6.45, 7) is 3.29. The maximum Gasteiger partial charge on any atom is 0.193 e. The fraction of sp³-hybridized carbons (Fsp3) is 0.545. The summed E-state index contributed by atoms with van der Waals surface area (Å²) in [6, 6.07) is 3.78. The van der Waals surface area contributed by atoms with Crippen molar-refractivity contribution >= 4 is 17.1 Å². The van der Waals surface area contributed by atoms with Crippen LogP contribution in [0.5, 0.6) is 0 Å². The zero-order valence-electron chi connectivity index (χ0n) is 8.69. The van der Waals surface area contributed by atoms with Gasteiger partial charge in [-0.3, -0.25) is 4.79 Å². The standard InChI is InChI=1S/C11H14O3S/c1-2-3-8(12)9-4-5-10(15-9)11-13-6-7-14-11/h4-5,11H,2-3,6-7H2,1H3. The van der Waals surface area contributed by atoms with Crippen molar-refractivity contribution in [3.05, 3.63) is 21.9 Å². The van der Waals surface area contributed by atoms with Crippen LogP contribution in [-0.4, -0.2) is 19.0 Å². The van der Waals surface area contributed by atoms with Crippen LogP contribution in [0.15, 0.2) is 12.1 Å². The third kappa shape index (κ3) is 2.45. The van der Waals surface area contributed by atoms with Gasteiger partial charge in [0.25, 0.3) is 0 Å². The van der Waals surface area contributed by atoms with Crippen LogP contribution in [0.2, 0.25) is 0 Å². The topological polar surface area (TPSA) is 35.5 Å². The Labute approximate surface area is 93.0 Å². The summed E-state index contributed by atoms with van der Waals surface area (Å²) in [4.78, 5) is 13.4. The van der Waals surface area contributed by atoms with Crippen LogP contribution in [0.4, 0.5) is 0 Å². The molecule has 1 aromatic heterocycles. The normalized spacial score (nSPS) is 17.1. The molecule has 1 fully saturated rings. The van der Waals surface area contributed by atoms with Gasteiger partial charge in [0, 0.05) is 6.42 Å². The number of carbonyl (C=O) groups excluding carboxylic acids is 1. The molecule has 0 N–H and O–H groups in total. The van der Waals surface area contributed by atoms with Crippen LogP contribution in [0, 0.1) is 0 Å². The Hall–Kier alpha value is -0.710. The molecule has 0 amide bonds. The van der Waals surface area contributed by atoms with Crippen LogP contribution in [0.25, 0.3) is 0 Å². The van der Waals surface area contributed by atoms with E-state index >= 15 is 0 Å². The first-order valence-corrected chi connectivity index (χ1v) is 5.99. The smallest absolute Gasteiger partial charge is 0.193 e. The number of hydrogen-bond donors (Lipinski definition) is 0. The minimum absolute atomic E-state index is 0.215. The van der Waals surface area contributed by atoms with Crippen molar-refractivity contribution < 1.29 is 14.3 Å². The van der Waals surface area contributed by atoms with Gasteiger partial charge < -0.3 is 9.47 Å². The third-order valence-corrected chi connectivity index (χ3v) is 3.38. The van der Waals surface area contributed by atoms with Crippen molar-refractivity contribution in [1.82, 2.24) is 0 Å². The number of Topliss-reactive ketones (excluding diaryl/α,β-unsaturated/α-hetero) is 1. The second-order valence-electron chi connectivity index (χ2n) is 3.45. The van der Waals surface area contributed by atoms with E-state index in [9.17, 15) is 4.79 Å². The maximum atomic E-state index is 11.6. The van der Waals surface area contributed by atoms with Crippen LogP contribution in [0.3, 0.4) is 0 Å². The lowest BCUT2D eigenvalue weighted by Gasteiger charge is -2.04. The van der Waals surface area contributed by atoms with Gasteiger partial charge in [-0.25, -0.2) is 0 Å². The highest BCUT2D eigenvalue weighted by molar-refractivity contribution is 7.14. The molecule has 0 atom stereocenters. The average Bonchev–Trinajstić information content (AvgIpc) is 2.89. The second-order valence-corrected chi connectivity index (χ2v) is 4.56. The van der Waals surface area contributed by atoms with Gasteiger partial charge in [0.1, 0.15) is 0 Å². The van der Waals surface area contributed by atoms with E-state index in [1.807, 2.05) is 19.1 Å². The fourth-order valence-electron chi connectivity index (χ4n) is 1.50. The maximum absolute atomic E-state index is 11.6. The Morgan fingerprint density at radius 2 is 2.20 bits per heavy atom. The van der Waals surface area contributed by atoms with Crippen molar-refractivity contribution in [3.8, 4) is 0 Å². The van der Waals surface area contributed by atoms with Crippen molar-refractivity contribution in [2.75, 3.05) is 13.2 Å². The lowest BCUT2D eigenvalue weighted by Crippen LogP contribution is -1.95. The third-order valence-electron chi connectivity index (χ3n) is 2.23. The van der Waals surface area contributed by atoms with Crippen LogP contribution < -0.4 is 0 Å². The molecule has 0 aliphatic carbocycles. The number of thiophene rings is 1. The van der Waals surface area contributed by atoms with Gasteiger partial charge in [-0.05, 0) is 18.6 Å². The highest BCUT2D eigenvalue weighted by Gasteiger charge is 2.21. The van der Waals surface area contributed by atoms with Crippen LogP contribution in [-0.2, 0) is 9.47 Å². The van der Waals surface area contributed by atoms with Gasteiger partial charge in [0.15, 0.2) is 12.1 Å². The van der Waals surface area contributed by atoms with Crippen LogP contribution in [0.1, 0.15) is 40.6 Å². The van der Waals surface area contributed by atoms with Gasteiger partial charge in [0.05, 0.1) is 23.0 Å². The molecule has 0 bridgehead atoms. The van der Waals surface area contributed by atoms with Gasteiger partial charge in [-0.15, -0.1) is 11.3 Å². The average molecular weight is 226 g/mol. The molecule has 1 saturated heterocycles. The van der Waals surface area contributed by atoms with Crippen LogP contribution >= 0.6 is 11.3 Å². The van der Waals surface area contributed by atoms with E-state index in [-0.39, 0.29) is 12.1 Å². The molecule has 0 unspecified atom stereocenters. The first-order valence-electron chi connectivity index (χ1n) is 5.17. The molecule has 0 spiro atoms. The molecule has 1 aliphatic rings. The van der Waals surface area contributed by atoms with Gasteiger partial charge in [-0.1, -0.05) is 6.92 Å². The Kier molecular flexibility index (Phi) is 3.51. The summed E-state index contributed by atoms with van der Waals surface area (Å²) in [6.07, 6.45) is 1.26. The minimum Gasteiger partial charge on any atom is -0.345 e. The number of ketones is 1. The molecule has 3 nitrogen and oxygen atoms in total. The molecule has 2 rings (SSSR count). The summed E-state index contributed by atoms with van der Waals surface area (Å²) in [7, 11) is 0. The monoisotopic (exact) mass is 226 g/mol. The van der Waals surface area contributed by atoms with Crippen molar-refractivity contribution in [2.45, 2.75) is 26.1 Å². The second kappa shape index (κ2) is 4.88. The Morgan fingerprint density at radius 1 is 1.47 bits per heavy atom. The lowest BCUT2D eigenvalue weighted by atomic mass is 10.2. The Bertz CT molecular complexity index is 339. The predicted octanol–water partition coefficient (Wildman–Crippen LogP) is 2.78. The molecular formula is C11H14O3S. The number of carbonyl (C=O) groups is 1. The zero-order chi connectivity index (χ0) is 10.7. The summed E-state index contributed by atoms with van der Waals surface area (Å²) >= 11 is 1.48. The highest BCUT2D eigenvalue weighted by Crippen LogP contribution is 2.30. The van der Waals surface area contributed by atoms with E-state index in [4.69, 9.17) is 9.47 Å². The predicted molar refractivity (Wildman–Crippen MR) is 58.2 cm³/mol.